The van der Waals surface area contributed by atoms with Crippen LogP contribution in [-0.2, 0) is 11.8 Å². The first-order valence-electron chi connectivity index (χ1n) is 8.01. The van der Waals surface area contributed by atoms with Gasteiger partial charge in [0.05, 0.1) is 0 Å². The van der Waals surface area contributed by atoms with Crippen molar-refractivity contribution in [2.45, 2.75) is 56.9 Å². The van der Waals surface area contributed by atoms with Crippen LogP contribution in [0.5, 0.6) is 0 Å². The second-order valence-electron chi connectivity index (χ2n) is 7.17. The first kappa shape index (κ1) is 12.0. The second kappa shape index (κ2) is 4.09. The molecule has 102 valence electrons. The Labute approximate surface area is 117 Å². The van der Waals surface area contributed by atoms with Gasteiger partial charge in [0.25, 0.3) is 0 Å². The van der Waals surface area contributed by atoms with Gasteiger partial charge in [-0.3, -0.25) is 0 Å². The molecule has 0 spiro atoms. The van der Waals surface area contributed by atoms with Gasteiger partial charge in [-0.2, -0.15) is 0 Å². The van der Waals surface area contributed by atoms with Crippen molar-refractivity contribution in [3.05, 3.63) is 34.9 Å². The second-order valence-corrected chi connectivity index (χ2v) is 7.17. The molecule has 0 N–H and O–H groups in total. The van der Waals surface area contributed by atoms with Crippen LogP contribution < -0.4 is 0 Å². The standard InChI is InChI=1S/C18H25N/c1-13-6-7-14-12-17-15-5-3-4-8-18(15,16(14)11-13)9-10-19(17)2/h6-7,11,15,17H,3-5,8-10,12H2,1-2H3/t15?,17?,18-/m0/s1. The van der Waals surface area contributed by atoms with Gasteiger partial charge in [-0.1, -0.05) is 36.6 Å². The highest BCUT2D eigenvalue weighted by Gasteiger charge is 2.52. The van der Waals surface area contributed by atoms with Crippen molar-refractivity contribution < 1.29 is 0 Å². The Balaban J connectivity index is 1.90. The summed E-state index contributed by atoms with van der Waals surface area (Å²) >= 11 is 0. The smallest absolute Gasteiger partial charge is 0.0169 e. The van der Waals surface area contributed by atoms with E-state index in [2.05, 4.69) is 37.1 Å². The van der Waals surface area contributed by atoms with E-state index < -0.39 is 0 Å². The van der Waals surface area contributed by atoms with Crippen LogP contribution in [0, 0.1) is 12.8 Å². The van der Waals surface area contributed by atoms with Crippen molar-refractivity contribution in [3.8, 4) is 0 Å². The summed E-state index contributed by atoms with van der Waals surface area (Å²) in [6, 6.07) is 8.07. The highest BCUT2D eigenvalue weighted by molar-refractivity contribution is 5.43. The Morgan fingerprint density at radius 3 is 3.00 bits per heavy atom. The molecule has 1 heterocycles. The highest BCUT2D eigenvalue weighted by atomic mass is 15.1. The molecule has 0 radical (unpaired) electrons. The summed E-state index contributed by atoms with van der Waals surface area (Å²) < 4.78 is 0. The van der Waals surface area contributed by atoms with Crippen LogP contribution in [0.4, 0.5) is 0 Å². The summed E-state index contributed by atoms with van der Waals surface area (Å²) in [4.78, 5) is 2.65. The van der Waals surface area contributed by atoms with Crippen LogP contribution in [-0.4, -0.2) is 24.5 Å². The molecule has 2 fully saturated rings. The number of aryl methyl sites for hydroxylation is 1. The van der Waals surface area contributed by atoms with Gasteiger partial charge in [-0.15, -0.1) is 0 Å². The number of fused-ring (bicyclic) bond motifs is 1. The molecule has 2 aliphatic carbocycles. The molecule has 2 unspecified atom stereocenters. The van der Waals surface area contributed by atoms with Crippen LogP contribution in [0.25, 0.3) is 0 Å². The number of likely N-dealkylation sites (tertiary alicyclic amines) is 1. The van der Waals surface area contributed by atoms with Crippen LogP contribution in [0.1, 0.15) is 48.8 Å². The van der Waals surface area contributed by atoms with Crippen molar-refractivity contribution in [2.75, 3.05) is 13.6 Å². The fraction of sp³-hybridized carbons (Fsp3) is 0.667. The van der Waals surface area contributed by atoms with Crippen molar-refractivity contribution >= 4 is 0 Å². The minimum Gasteiger partial charge on any atom is -0.303 e. The lowest BCUT2D eigenvalue weighted by Gasteiger charge is -2.58. The number of rotatable bonds is 0. The van der Waals surface area contributed by atoms with Crippen molar-refractivity contribution in [2.24, 2.45) is 5.92 Å². The van der Waals surface area contributed by atoms with Crippen molar-refractivity contribution in [1.29, 1.82) is 0 Å². The molecular formula is C18H25N. The Kier molecular flexibility index (Phi) is 2.57. The summed E-state index contributed by atoms with van der Waals surface area (Å²) in [5, 5.41) is 0. The molecule has 0 aromatic heterocycles. The third kappa shape index (κ3) is 1.57. The molecule has 0 amide bonds. The average molecular weight is 255 g/mol. The summed E-state index contributed by atoms with van der Waals surface area (Å²) in [6.07, 6.45) is 8.48. The lowest BCUT2D eigenvalue weighted by molar-refractivity contribution is 0.00283. The Bertz CT molecular complexity index is 506. The number of benzene rings is 1. The van der Waals surface area contributed by atoms with E-state index in [1.54, 1.807) is 11.1 Å². The Morgan fingerprint density at radius 2 is 2.11 bits per heavy atom. The highest BCUT2D eigenvalue weighted by Crippen LogP contribution is 2.55. The zero-order chi connectivity index (χ0) is 13.0. The zero-order valence-electron chi connectivity index (χ0n) is 12.3. The number of hydrogen-bond donors (Lipinski definition) is 0. The lowest BCUT2D eigenvalue weighted by Crippen LogP contribution is -2.59. The van der Waals surface area contributed by atoms with E-state index in [9.17, 15) is 0 Å². The first-order chi connectivity index (χ1) is 9.21. The van der Waals surface area contributed by atoms with Crippen LogP contribution in [0.15, 0.2) is 18.2 Å². The Morgan fingerprint density at radius 1 is 1.21 bits per heavy atom. The fourth-order valence-electron chi connectivity index (χ4n) is 5.31. The molecule has 1 aliphatic heterocycles. The van der Waals surface area contributed by atoms with Gasteiger partial charge in [0, 0.05) is 11.5 Å². The maximum absolute atomic E-state index is 2.65. The number of hydrogen-bond acceptors (Lipinski definition) is 1. The maximum atomic E-state index is 2.65. The molecule has 3 aliphatic rings. The van der Waals surface area contributed by atoms with Crippen LogP contribution in [0.3, 0.4) is 0 Å². The normalized spacial score (nSPS) is 37.6. The molecule has 2 bridgehead atoms. The number of piperidine rings is 1. The predicted octanol–water partition coefficient (Wildman–Crippen LogP) is 3.68. The van der Waals surface area contributed by atoms with Crippen molar-refractivity contribution in [1.82, 2.24) is 4.90 Å². The average Bonchev–Trinajstić information content (AvgIpc) is 2.43. The zero-order valence-corrected chi connectivity index (χ0v) is 12.3. The van der Waals surface area contributed by atoms with E-state index in [-0.39, 0.29) is 0 Å². The topological polar surface area (TPSA) is 3.24 Å². The lowest BCUT2D eigenvalue weighted by atomic mass is 9.52. The van der Waals surface area contributed by atoms with Crippen LogP contribution >= 0.6 is 0 Å². The third-order valence-electron chi connectivity index (χ3n) is 6.27. The predicted molar refractivity (Wildman–Crippen MR) is 79.6 cm³/mol. The molecule has 3 atom stereocenters. The number of likely N-dealkylation sites (N-methyl/N-ethyl adjacent to an activating group) is 1. The molecule has 4 rings (SSSR count). The molecule has 1 saturated carbocycles. The fourth-order valence-corrected chi connectivity index (χ4v) is 5.31. The van der Waals surface area contributed by atoms with Gasteiger partial charge in [-0.25, -0.2) is 0 Å². The van der Waals surface area contributed by atoms with Gasteiger partial charge >= 0.3 is 0 Å². The van der Waals surface area contributed by atoms with Gasteiger partial charge in [0.1, 0.15) is 0 Å². The first-order valence-corrected chi connectivity index (χ1v) is 8.01. The summed E-state index contributed by atoms with van der Waals surface area (Å²) in [6.45, 7) is 3.56. The molecule has 1 aromatic carbocycles. The SMILES string of the molecule is Cc1ccc2c(c1)[C@]13CCCCC1C(C2)N(C)CC3. The van der Waals surface area contributed by atoms with E-state index in [4.69, 9.17) is 0 Å². The molecule has 1 heteroatoms. The van der Waals surface area contributed by atoms with E-state index in [0.29, 0.717) is 5.41 Å². The van der Waals surface area contributed by atoms with E-state index in [1.807, 2.05) is 0 Å². The van der Waals surface area contributed by atoms with Gasteiger partial charge in [-0.05, 0) is 63.2 Å². The van der Waals surface area contributed by atoms with E-state index in [1.165, 1.54) is 50.6 Å². The molecule has 1 aromatic rings. The molecule has 1 nitrogen and oxygen atoms in total. The van der Waals surface area contributed by atoms with Gasteiger partial charge < -0.3 is 4.90 Å². The van der Waals surface area contributed by atoms with E-state index >= 15 is 0 Å². The number of nitrogens with zero attached hydrogens (tertiary/aromatic N) is 1. The van der Waals surface area contributed by atoms with Crippen LogP contribution in [0.2, 0.25) is 0 Å². The van der Waals surface area contributed by atoms with Gasteiger partial charge in [0.15, 0.2) is 0 Å². The monoisotopic (exact) mass is 255 g/mol. The van der Waals surface area contributed by atoms with Gasteiger partial charge in [0.2, 0.25) is 0 Å². The van der Waals surface area contributed by atoms with Crippen molar-refractivity contribution in [3.63, 3.8) is 0 Å². The Hall–Kier alpha value is -0.820. The van der Waals surface area contributed by atoms with E-state index in [0.717, 1.165) is 12.0 Å². The maximum Gasteiger partial charge on any atom is 0.0169 e. The summed E-state index contributed by atoms with van der Waals surface area (Å²) in [5.41, 5.74) is 5.38. The third-order valence-corrected chi connectivity index (χ3v) is 6.27. The molecule has 19 heavy (non-hydrogen) atoms. The quantitative estimate of drug-likeness (QED) is 0.683. The molecular weight excluding hydrogens is 230 g/mol. The summed E-state index contributed by atoms with van der Waals surface area (Å²) in [5.74, 6) is 0.925. The molecule has 1 saturated heterocycles. The minimum atomic E-state index is 0.537. The minimum absolute atomic E-state index is 0.537. The summed E-state index contributed by atoms with van der Waals surface area (Å²) in [7, 11) is 2.35. The largest absolute Gasteiger partial charge is 0.303 e.